The maximum absolute atomic E-state index is 12.7. The van der Waals surface area contributed by atoms with E-state index in [0.717, 1.165) is 12.1 Å². The minimum Gasteiger partial charge on any atom is -0.455 e. The Morgan fingerprint density at radius 2 is 1.57 bits per heavy atom. The van der Waals surface area contributed by atoms with E-state index in [1.54, 1.807) is 54.6 Å². The van der Waals surface area contributed by atoms with E-state index in [0.29, 0.717) is 22.7 Å². The SMILES string of the molecule is N#C/C(=C/c1ccc(C(F)(F)F)cc1)C(=O)Nc1ccccc1Oc1ccccc1. The van der Waals surface area contributed by atoms with Gasteiger partial charge in [-0.2, -0.15) is 18.4 Å². The molecule has 7 heteroatoms. The van der Waals surface area contributed by atoms with E-state index in [9.17, 15) is 23.2 Å². The van der Waals surface area contributed by atoms with Crippen molar-refractivity contribution in [1.82, 2.24) is 0 Å². The molecule has 1 amide bonds. The molecule has 0 atom stereocenters. The summed E-state index contributed by atoms with van der Waals surface area (Å²) in [5, 5.41) is 11.9. The lowest BCUT2D eigenvalue weighted by atomic mass is 10.1. The molecule has 4 nitrogen and oxygen atoms in total. The molecule has 30 heavy (non-hydrogen) atoms. The molecule has 0 unspecified atom stereocenters. The molecule has 0 aliphatic heterocycles. The third kappa shape index (κ3) is 5.26. The number of hydrogen-bond donors (Lipinski definition) is 1. The van der Waals surface area contributed by atoms with Gasteiger partial charge in [0, 0.05) is 0 Å². The van der Waals surface area contributed by atoms with E-state index < -0.39 is 17.6 Å². The van der Waals surface area contributed by atoms with Crippen molar-refractivity contribution in [2.45, 2.75) is 6.18 Å². The first-order valence-electron chi connectivity index (χ1n) is 8.79. The zero-order chi connectivity index (χ0) is 21.6. The standard InChI is InChI=1S/C23H15F3N2O2/c24-23(25,26)18-12-10-16(11-13-18)14-17(15-27)22(29)28-20-8-4-5-9-21(20)30-19-6-2-1-3-7-19/h1-14H,(H,28,29)/b17-14-. The van der Waals surface area contributed by atoms with Gasteiger partial charge < -0.3 is 10.1 Å². The van der Waals surface area contributed by atoms with Crippen LogP contribution in [0.3, 0.4) is 0 Å². The highest BCUT2D eigenvalue weighted by Crippen LogP contribution is 2.30. The van der Waals surface area contributed by atoms with E-state index in [1.165, 1.54) is 18.2 Å². The minimum atomic E-state index is -4.46. The maximum atomic E-state index is 12.7. The van der Waals surface area contributed by atoms with Gasteiger partial charge in [0.15, 0.2) is 5.75 Å². The van der Waals surface area contributed by atoms with Crippen LogP contribution in [0.5, 0.6) is 11.5 Å². The fraction of sp³-hybridized carbons (Fsp3) is 0.0435. The Kier molecular flexibility index (Phi) is 6.18. The molecule has 0 saturated carbocycles. The number of rotatable bonds is 5. The summed E-state index contributed by atoms with van der Waals surface area (Å²) in [7, 11) is 0. The van der Waals surface area contributed by atoms with Crippen molar-refractivity contribution in [3.63, 3.8) is 0 Å². The second-order valence-corrected chi connectivity index (χ2v) is 6.15. The zero-order valence-corrected chi connectivity index (χ0v) is 15.5. The van der Waals surface area contributed by atoms with Gasteiger partial charge in [0.1, 0.15) is 17.4 Å². The number of benzene rings is 3. The van der Waals surface area contributed by atoms with Crippen molar-refractivity contribution < 1.29 is 22.7 Å². The maximum Gasteiger partial charge on any atom is 0.416 e. The van der Waals surface area contributed by atoms with E-state index in [4.69, 9.17) is 4.74 Å². The number of para-hydroxylation sites is 3. The highest BCUT2D eigenvalue weighted by atomic mass is 19.4. The number of hydrogen-bond acceptors (Lipinski definition) is 3. The van der Waals surface area contributed by atoms with Crippen molar-refractivity contribution >= 4 is 17.7 Å². The van der Waals surface area contributed by atoms with Crippen molar-refractivity contribution in [3.8, 4) is 17.6 Å². The van der Waals surface area contributed by atoms with Gasteiger partial charge in [-0.05, 0) is 48.0 Å². The number of carbonyl (C=O) groups is 1. The fourth-order valence-electron chi connectivity index (χ4n) is 2.55. The van der Waals surface area contributed by atoms with E-state index >= 15 is 0 Å². The predicted octanol–water partition coefficient (Wildman–Crippen LogP) is 6.04. The van der Waals surface area contributed by atoms with Gasteiger partial charge in [0.25, 0.3) is 5.91 Å². The van der Waals surface area contributed by atoms with Gasteiger partial charge in [0.05, 0.1) is 11.3 Å². The Labute approximate surface area is 170 Å². The monoisotopic (exact) mass is 408 g/mol. The van der Waals surface area contributed by atoms with Gasteiger partial charge in [-0.15, -0.1) is 0 Å². The molecule has 3 aromatic carbocycles. The van der Waals surface area contributed by atoms with Crippen molar-refractivity contribution in [2.24, 2.45) is 0 Å². The number of halogens is 3. The Hall–Kier alpha value is -4.05. The lowest BCUT2D eigenvalue weighted by Gasteiger charge is -2.12. The number of carbonyl (C=O) groups excluding carboxylic acids is 1. The van der Waals surface area contributed by atoms with Crippen LogP contribution in [-0.4, -0.2) is 5.91 Å². The molecule has 0 saturated heterocycles. The Morgan fingerprint density at radius 1 is 0.933 bits per heavy atom. The number of anilines is 1. The average Bonchev–Trinajstić information content (AvgIpc) is 2.74. The molecule has 0 aromatic heterocycles. The second-order valence-electron chi connectivity index (χ2n) is 6.15. The molecule has 3 aromatic rings. The third-order valence-electron chi connectivity index (χ3n) is 4.02. The Bertz CT molecular complexity index is 1100. The predicted molar refractivity (Wildman–Crippen MR) is 107 cm³/mol. The molecule has 1 N–H and O–H groups in total. The quantitative estimate of drug-likeness (QED) is 0.413. The number of nitriles is 1. The molecular formula is C23H15F3N2O2. The molecule has 150 valence electrons. The van der Waals surface area contributed by atoms with Crippen LogP contribution in [0.4, 0.5) is 18.9 Å². The molecule has 0 bridgehead atoms. The molecule has 0 spiro atoms. The summed E-state index contributed by atoms with van der Waals surface area (Å²) in [5.41, 5.74) is -0.428. The van der Waals surface area contributed by atoms with Gasteiger partial charge in [-0.25, -0.2) is 0 Å². The summed E-state index contributed by atoms with van der Waals surface area (Å²) >= 11 is 0. The average molecular weight is 408 g/mol. The Morgan fingerprint density at radius 3 is 2.20 bits per heavy atom. The number of amides is 1. The normalized spacial score (nSPS) is 11.5. The second kappa shape index (κ2) is 8.97. The zero-order valence-electron chi connectivity index (χ0n) is 15.5. The lowest BCUT2D eigenvalue weighted by molar-refractivity contribution is -0.137. The Balaban J connectivity index is 1.79. The highest BCUT2D eigenvalue weighted by Gasteiger charge is 2.29. The van der Waals surface area contributed by atoms with Crippen LogP contribution < -0.4 is 10.1 Å². The first-order chi connectivity index (χ1) is 14.4. The molecule has 0 aliphatic rings. The highest BCUT2D eigenvalue weighted by molar-refractivity contribution is 6.10. The molecule has 0 radical (unpaired) electrons. The van der Waals surface area contributed by atoms with E-state index in [2.05, 4.69) is 5.32 Å². The molecule has 3 rings (SSSR count). The summed E-state index contributed by atoms with van der Waals surface area (Å²) < 4.78 is 43.8. The lowest BCUT2D eigenvalue weighted by Crippen LogP contribution is -2.14. The summed E-state index contributed by atoms with van der Waals surface area (Å²) in [6, 6.07) is 21.6. The van der Waals surface area contributed by atoms with Crippen LogP contribution in [-0.2, 0) is 11.0 Å². The van der Waals surface area contributed by atoms with Gasteiger partial charge in [-0.1, -0.05) is 42.5 Å². The first-order valence-corrected chi connectivity index (χ1v) is 8.79. The third-order valence-corrected chi connectivity index (χ3v) is 4.02. The van der Waals surface area contributed by atoms with Crippen LogP contribution in [0.25, 0.3) is 6.08 Å². The molecule has 0 heterocycles. The van der Waals surface area contributed by atoms with Crippen molar-refractivity contribution in [3.05, 3.63) is 95.6 Å². The summed E-state index contributed by atoms with van der Waals surface area (Å²) in [6.07, 6.45) is -3.24. The van der Waals surface area contributed by atoms with Crippen LogP contribution in [0, 0.1) is 11.3 Å². The number of alkyl halides is 3. The van der Waals surface area contributed by atoms with Crippen LogP contribution in [0.1, 0.15) is 11.1 Å². The summed E-state index contributed by atoms with van der Waals surface area (Å²) in [4.78, 5) is 12.5. The number of nitrogens with zero attached hydrogens (tertiary/aromatic N) is 1. The summed E-state index contributed by atoms with van der Waals surface area (Å²) in [6.45, 7) is 0. The van der Waals surface area contributed by atoms with Crippen molar-refractivity contribution in [2.75, 3.05) is 5.32 Å². The topological polar surface area (TPSA) is 62.1 Å². The van der Waals surface area contributed by atoms with E-state index in [-0.39, 0.29) is 5.57 Å². The van der Waals surface area contributed by atoms with Crippen LogP contribution >= 0.6 is 0 Å². The summed E-state index contributed by atoms with van der Waals surface area (Å²) in [5.74, 6) is 0.241. The van der Waals surface area contributed by atoms with Gasteiger partial charge in [0.2, 0.25) is 0 Å². The number of nitrogens with one attached hydrogen (secondary N) is 1. The molecular weight excluding hydrogens is 393 g/mol. The minimum absolute atomic E-state index is 0.260. The smallest absolute Gasteiger partial charge is 0.416 e. The molecule has 0 fully saturated rings. The fourth-order valence-corrected chi connectivity index (χ4v) is 2.55. The van der Waals surface area contributed by atoms with Gasteiger partial charge >= 0.3 is 6.18 Å². The van der Waals surface area contributed by atoms with Crippen LogP contribution in [0.15, 0.2) is 84.4 Å². The number of ether oxygens (including phenoxy) is 1. The largest absolute Gasteiger partial charge is 0.455 e. The van der Waals surface area contributed by atoms with Gasteiger partial charge in [-0.3, -0.25) is 4.79 Å². The first kappa shape index (κ1) is 20.7. The van der Waals surface area contributed by atoms with Crippen molar-refractivity contribution in [1.29, 1.82) is 5.26 Å². The van der Waals surface area contributed by atoms with Crippen LogP contribution in [0.2, 0.25) is 0 Å². The van der Waals surface area contributed by atoms with E-state index in [1.807, 2.05) is 6.07 Å². The molecule has 0 aliphatic carbocycles.